The normalized spacial score (nSPS) is 14.3. The van der Waals surface area contributed by atoms with E-state index in [0.29, 0.717) is 17.4 Å². The van der Waals surface area contributed by atoms with E-state index in [1.807, 2.05) is 33.3 Å². The summed E-state index contributed by atoms with van der Waals surface area (Å²) in [6.07, 6.45) is 64.7. The van der Waals surface area contributed by atoms with Crippen molar-refractivity contribution in [2.24, 2.45) is 0 Å². The Hall–Kier alpha value is -2.55. The molecule has 0 spiro atoms. The first-order valence-corrected chi connectivity index (χ1v) is 30.8. The first-order chi connectivity index (χ1) is 34.4. The summed E-state index contributed by atoms with van der Waals surface area (Å²) in [6.45, 7) is 6.83. The Morgan fingerprint density at radius 3 is 1.48 bits per heavy atom. The molecule has 0 aliphatic rings. The summed E-state index contributed by atoms with van der Waals surface area (Å²) in [7, 11) is 1.47. The van der Waals surface area contributed by atoms with Gasteiger partial charge in [0.2, 0.25) is 5.91 Å². The van der Waals surface area contributed by atoms with Crippen LogP contribution in [0, 0.1) is 0 Å². The zero-order valence-corrected chi connectivity index (χ0v) is 47.8. The van der Waals surface area contributed by atoms with Crippen LogP contribution in [0.5, 0.6) is 0 Å². The molecule has 0 aliphatic heterocycles. The fraction of sp³-hybridized carbons (Fsp3) is 0.770. The number of nitrogens with one attached hydrogen (secondary N) is 1. The second-order valence-electron chi connectivity index (χ2n) is 20.8. The number of carbonyl (C=O) groups is 2. The fourth-order valence-electron chi connectivity index (χ4n) is 8.15. The Kier molecular flexibility index (Phi) is 49.1. The molecule has 412 valence electrons. The van der Waals surface area contributed by atoms with Crippen LogP contribution in [-0.4, -0.2) is 74.3 Å². The number of ether oxygens (including phenoxy) is 1. The number of likely N-dealkylation sites (N-methyl/N-ethyl adjacent to an activating group) is 1. The molecular weight excluding hydrogens is 904 g/mol. The molecule has 0 aromatic heterocycles. The Balaban J connectivity index is 5.23. The van der Waals surface area contributed by atoms with Gasteiger partial charge < -0.3 is 19.4 Å². The summed E-state index contributed by atoms with van der Waals surface area (Å²) in [5.74, 6) is -0.532. The van der Waals surface area contributed by atoms with Crippen LogP contribution in [0.3, 0.4) is 0 Å². The van der Waals surface area contributed by atoms with E-state index in [1.54, 1.807) is 0 Å². The SMILES string of the molecule is CC/C=C/C=C/C=C\CCCCCCCC(=O)NC(COP(=O)(O)OCC[N+](C)(C)C)C(/C=C\CCCCCCCCCCC)OC(=O)CCCCCCCCCCCCC/C=C\C/C=C\CCCCC. The minimum atomic E-state index is -4.45. The average Bonchev–Trinajstić information content (AvgIpc) is 3.33. The molecular formula is C61H112N2O7P+. The summed E-state index contributed by atoms with van der Waals surface area (Å²) in [5, 5.41) is 3.03. The number of allylic oxidation sites excluding steroid dienone is 11. The number of hydrogen-bond acceptors (Lipinski definition) is 6. The van der Waals surface area contributed by atoms with Crippen molar-refractivity contribution in [2.45, 2.75) is 264 Å². The Labute approximate surface area is 438 Å². The molecule has 0 fully saturated rings. The molecule has 71 heavy (non-hydrogen) atoms. The predicted octanol–water partition coefficient (Wildman–Crippen LogP) is 17.7. The van der Waals surface area contributed by atoms with Gasteiger partial charge in [-0.2, -0.15) is 0 Å². The monoisotopic (exact) mass is 1020 g/mol. The second-order valence-corrected chi connectivity index (χ2v) is 22.3. The third kappa shape index (κ3) is 52.1. The molecule has 0 aromatic rings. The predicted molar refractivity (Wildman–Crippen MR) is 305 cm³/mol. The number of rotatable bonds is 52. The van der Waals surface area contributed by atoms with Gasteiger partial charge in [0.25, 0.3) is 0 Å². The molecule has 0 heterocycles. The van der Waals surface area contributed by atoms with E-state index in [0.717, 1.165) is 89.9 Å². The van der Waals surface area contributed by atoms with E-state index < -0.39 is 20.0 Å². The summed E-state index contributed by atoms with van der Waals surface area (Å²) >= 11 is 0. The highest BCUT2D eigenvalue weighted by atomic mass is 31.2. The Morgan fingerprint density at radius 1 is 0.521 bits per heavy atom. The summed E-state index contributed by atoms with van der Waals surface area (Å²) in [5.41, 5.74) is 0. The lowest BCUT2D eigenvalue weighted by molar-refractivity contribution is -0.870. The van der Waals surface area contributed by atoms with Gasteiger partial charge in [0.1, 0.15) is 19.3 Å². The first kappa shape index (κ1) is 68.5. The topological polar surface area (TPSA) is 111 Å². The van der Waals surface area contributed by atoms with Gasteiger partial charge in [0, 0.05) is 12.8 Å². The van der Waals surface area contributed by atoms with E-state index in [1.165, 1.54) is 128 Å². The van der Waals surface area contributed by atoms with Gasteiger partial charge in [-0.15, -0.1) is 0 Å². The van der Waals surface area contributed by atoms with Crippen LogP contribution in [-0.2, 0) is 27.9 Å². The average molecular weight is 1020 g/mol. The fourth-order valence-corrected chi connectivity index (χ4v) is 8.88. The highest BCUT2D eigenvalue weighted by Crippen LogP contribution is 2.43. The number of carbonyl (C=O) groups excluding carboxylic acids is 2. The van der Waals surface area contributed by atoms with Crippen molar-refractivity contribution >= 4 is 19.7 Å². The van der Waals surface area contributed by atoms with Crippen molar-refractivity contribution in [3.63, 3.8) is 0 Å². The molecule has 2 N–H and O–H groups in total. The third-order valence-electron chi connectivity index (χ3n) is 12.7. The van der Waals surface area contributed by atoms with Crippen molar-refractivity contribution in [1.82, 2.24) is 5.32 Å². The molecule has 0 bridgehead atoms. The van der Waals surface area contributed by atoms with Crippen LogP contribution in [0.2, 0.25) is 0 Å². The van der Waals surface area contributed by atoms with E-state index in [-0.39, 0.29) is 31.5 Å². The summed E-state index contributed by atoms with van der Waals surface area (Å²) in [6, 6.07) is -0.860. The minimum absolute atomic E-state index is 0.0333. The maximum Gasteiger partial charge on any atom is 0.472 e. The summed E-state index contributed by atoms with van der Waals surface area (Å²) < 4.78 is 30.6. The number of phosphoric acid groups is 1. The summed E-state index contributed by atoms with van der Waals surface area (Å²) in [4.78, 5) is 37.6. The van der Waals surface area contributed by atoms with Gasteiger partial charge in [-0.1, -0.05) is 229 Å². The van der Waals surface area contributed by atoms with Gasteiger partial charge in [0.15, 0.2) is 0 Å². The zero-order chi connectivity index (χ0) is 52.2. The number of phosphoric ester groups is 1. The molecule has 3 atom stereocenters. The quantitative estimate of drug-likeness (QED) is 0.0156. The number of esters is 1. The molecule has 0 aromatic carbocycles. The molecule has 10 heteroatoms. The molecule has 0 saturated heterocycles. The standard InChI is InChI=1S/C61H111N2O7P/c1-7-10-13-16-19-22-25-27-28-29-30-31-32-33-34-36-39-42-45-48-51-54-61(65)70-59(52-49-46-43-40-37-24-21-18-15-12-9-3)58(57-69-71(66,67)68-56-55-63(4,5)6)62-60(64)53-50-47-44-41-38-35-26-23-20-17-14-11-8-2/h11,14,17,19-20,22-23,26-28,49,52,58-59H,7-10,12-13,15-16,18,21,24-25,29-48,50-51,53-57H2,1-6H3,(H-,62,64,66,67)/p+1/b14-11+,20-17+,22-19-,26-23-,28-27-,52-49-. The molecule has 3 unspecified atom stereocenters. The number of hydrogen-bond donors (Lipinski definition) is 2. The van der Waals surface area contributed by atoms with Crippen LogP contribution in [0.25, 0.3) is 0 Å². The molecule has 0 saturated carbocycles. The molecule has 9 nitrogen and oxygen atoms in total. The van der Waals surface area contributed by atoms with E-state index >= 15 is 0 Å². The highest BCUT2D eigenvalue weighted by Gasteiger charge is 2.30. The second kappa shape index (κ2) is 51.0. The lowest BCUT2D eigenvalue weighted by atomic mass is 10.0. The smallest absolute Gasteiger partial charge is 0.456 e. The molecule has 0 rings (SSSR count). The lowest BCUT2D eigenvalue weighted by Crippen LogP contribution is -2.47. The first-order valence-electron chi connectivity index (χ1n) is 29.3. The van der Waals surface area contributed by atoms with Crippen molar-refractivity contribution in [2.75, 3.05) is 40.9 Å². The van der Waals surface area contributed by atoms with Crippen LogP contribution in [0.15, 0.2) is 72.9 Å². The molecule has 1 amide bonds. The van der Waals surface area contributed by atoms with Crippen LogP contribution >= 0.6 is 7.82 Å². The number of nitrogens with zero attached hydrogens (tertiary/aromatic N) is 1. The molecule has 0 radical (unpaired) electrons. The maximum atomic E-state index is 13.5. The minimum Gasteiger partial charge on any atom is -0.456 e. The Bertz CT molecular complexity index is 1450. The number of quaternary nitrogens is 1. The largest absolute Gasteiger partial charge is 0.472 e. The third-order valence-corrected chi connectivity index (χ3v) is 13.7. The number of unbranched alkanes of at least 4 members (excludes halogenated alkanes) is 28. The van der Waals surface area contributed by atoms with Crippen LogP contribution in [0.1, 0.15) is 252 Å². The van der Waals surface area contributed by atoms with Crippen LogP contribution < -0.4 is 5.32 Å². The van der Waals surface area contributed by atoms with Gasteiger partial charge in [-0.25, -0.2) is 4.57 Å². The van der Waals surface area contributed by atoms with E-state index in [4.69, 9.17) is 13.8 Å². The number of amides is 1. The van der Waals surface area contributed by atoms with Crippen molar-refractivity contribution in [3.8, 4) is 0 Å². The van der Waals surface area contributed by atoms with Gasteiger partial charge in [-0.3, -0.25) is 18.6 Å². The highest BCUT2D eigenvalue weighted by molar-refractivity contribution is 7.47. The van der Waals surface area contributed by atoms with Crippen molar-refractivity contribution in [3.05, 3.63) is 72.9 Å². The maximum absolute atomic E-state index is 13.5. The van der Waals surface area contributed by atoms with Crippen molar-refractivity contribution < 1.29 is 37.3 Å². The van der Waals surface area contributed by atoms with Crippen molar-refractivity contribution in [1.29, 1.82) is 0 Å². The van der Waals surface area contributed by atoms with Gasteiger partial charge in [-0.05, 0) is 83.1 Å². The lowest BCUT2D eigenvalue weighted by Gasteiger charge is -2.27. The van der Waals surface area contributed by atoms with Crippen LogP contribution in [0.4, 0.5) is 0 Å². The van der Waals surface area contributed by atoms with Gasteiger partial charge in [0.05, 0.1) is 33.8 Å². The van der Waals surface area contributed by atoms with Gasteiger partial charge >= 0.3 is 13.8 Å². The zero-order valence-electron chi connectivity index (χ0n) is 47.0. The van der Waals surface area contributed by atoms with E-state index in [2.05, 4.69) is 86.8 Å². The van der Waals surface area contributed by atoms with E-state index in [9.17, 15) is 19.0 Å². The Morgan fingerprint density at radius 2 is 0.958 bits per heavy atom. The molecule has 0 aliphatic carbocycles.